The summed E-state index contributed by atoms with van der Waals surface area (Å²) in [6.07, 6.45) is 8.36. The Kier molecular flexibility index (Phi) is 5.40. The maximum atomic E-state index is 8.65. The lowest BCUT2D eigenvalue weighted by atomic mass is 10.2. The molecular formula is C12H22N2O. The summed E-state index contributed by atoms with van der Waals surface area (Å²) in [5, 5.41) is 8.65. The second-order valence-electron chi connectivity index (χ2n) is 4.27. The Bertz CT molecular complexity index is 268. The van der Waals surface area contributed by atoms with E-state index in [1.165, 1.54) is 18.7 Å². The molecule has 0 aliphatic rings. The van der Waals surface area contributed by atoms with Crippen molar-refractivity contribution < 1.29 is 5.11 Å². The first-order valence-electron chi connectivity index (χ1n) is 5.87. The van der Waals surface area contributed by atoms with Gasteiger partial charge in [0, 0.05) is 31.5 Å². The third-order valence-corrected chi connectivity index (χ3v) is 2.57. The summed E-state index contributed by atoms with van der Waals surface area (Å²) in [6.45, 7) is 5.72. The highest BCUT2D eigenvalue weighted by Gasteiger charge is 2.05. The molecule has 0 aliphatic heterocycles. The lowest BCUT2D eigenvalue weighted by Gasteiger charge is -2.09. The van der Waals surface area contributed by atoms with Crippen molar-refractivity contribution in [3.8, 4) is 0 Å². The molecular weight excluding hydrogens is 188 g/mol. The van der Waals surface area contributed by atoms with E-state index in [4.69, 9.17) is 5.11 Å². The molecule has 15 heavy (non-hydrogen) atoms. The average molecular weight is 210 g/mol. The lowest BCUT2D eigenvalue weighted by Crippen LogP contribution is -2.04. The van der Waals surface area contributed by atoms with Crippen LogP contribution in [-0.4, -0.2) is 21.3 Å². The minimum atomic E-state index is 0.322. The lowest BCUT2D eigenvalue weighted by molar-refractivity contribution is 0.282. The van der Waals surface area contributed by atoms with Gasteiger partial charge in [-0.1, -0.05) is 26.7 Å². The Morgan fingerprint density at radius 3 is 2.67 bits per heavy atom. The van der Waals surface area contributed by atoms with Crippen LogP contribution in [0.25, 0.3) is 0 Å². The van der Waals surface area contributed by atoms with E-state index >= 15 is 0 Å². The molecule has 3 nitrogen and oxygen atoms in total. The standard InChI is InChI=1S/C12H22N2O/c1-11(2)12-13-7-9-14(12)8-5-3-4-6-10-15/h7,9,11,15H,3-6,8,10H2,1-2H3. The third-order valence-electron chi connectivity index (χ3n) is 2.57. The highest BCUT2D eigenvalue weighted by molar-refractivity contribution is 4.97. The first kappa shape index (κ1) is 12.2. The van der Waals surface area contributed by atoms with E-state index in [9.17, 15) is 0 Å². The van der Waals surface area contributed by atoms with Crippen LogP contribution in [0.15, 0.2) is 12.4 Å². The maximum absolute atomic E-state index is 8.65. The van der Waals surface area contributed by atoms with Gasteiger partial charge in [0.15, 0.2) is 0 Å². The van der Waals surface area contributed by atoms with Gasteiger partial charge < -0.3 is 9.67 Å². The normalized spacial score (nSPS) is 11.2. The van der Waals surface area contributed by atoms with Gasteiger partial charge in [0.25, 0.3) is 0 Å². The van der Waals surface area contributed by atoms with Crippen LogP contribution >= 0.6 is 0 Å². The van der Waals surface area contributed by atoms with Crippen LogP contribution in [0.3, 0.4) is 0 Å². The van der Waals surface area contributed by atoms with Crippen molar-refractivity contribution >= 4 is 0 Å². The number of unbranched alkanes of at least 4 members (excludes halogenated alkanes) is 3. The van der Waals surface area contributed by atoms with Gasteiger partial charge in [0.1, 0.15) is 5.82 Å². The van der Waals surface area contributed by atoms with Gasteiger partial charge in [-0.2, -0.15) is 0 Å². The second-order valence-corrected chi connectivity index (χ2v) is 4.27. The average Bonchev–Trinajstić information content (AvgIpc) is 2.66. The summed E-state index contributed by atoms with van der Waals surface area (Å²) >= 11 is 0. The largest absolute Gasteiger partial charge is 0.396 e. The highest BCUT2D eigenvalue weighted by Crippen LogP contribution is 2.12. The van der Waals surface area contributed by atoms with Crippen molar-refractivity contribution in [3.05, 3.63) is 18.2 Å². The van der Waals surface area contributed by atoms with E-state index < -0.39 is 0 Å². The van der Waals surface area contributed by atoms with E-state index in [0.717, 1.165) is 19.4 Å². The van der Waals surface area contributed by atoms with Crippen molar-refractivity contribution in [1.29, 1.82) is 0 Å². The fourth-order valence-corrected chi connectivity index (χ4v) is 1.76. The van der Waals surface area contributed by atoms with Crippen LogP contribution in [0.4, 0.5) is 0 Å². The molecule has 0 atom stereocenters. The van der Waals surface area contributed by atoms with Crippen LogP contribution in [0.2, 0.25) is 0 Å². The predicted molar refractivity (Wildman–Crippen MR) is 61.9 cm³/mol. The van der Waals surface area contributed by atoms with Crippen molar-refractivity contribution in [2.24, 2.45) is 0 Å². The first-order valence-corrected chi connectivity index (χ1v) is 5.87. The number of aliphatic hydroxyl groups is 1. The summed E-state index contributed by atoms with van der Waals surface area (Å²) in [5.74, 6) is 1.68. The van der Waals surface area contributed by atoms with Crippen molar-refractivity contribution in [3.63, 3.8) is 0 Å². The zero-order valence-electron chi connectivity index (χ0n) is 9.82. The number of imidazole rings is 1. The molecule has 0 unspecified atom stereocenters. The molecule has 1 N–H and O–H groups in total. The molecule has 3 heteroatoms. The molecule has 0 amide bonds. The summed E-state index contributed by atoms with van der Waals surface area (Å²) in [4.78, 5) is 4.35. The SMILES string of the molecule is CC(C)c1nccn1CCCCCCO. The van der Waals surface area contributed by atoms with Crippen LogP contribution in [-0.2, 0) is 6.54 Å². The van der Waals surface area contributed by atoms with Crippen molar-refractivity contribution in [2.75, 3.05) is 6.61 Å². The molecule has 0 fully saturated rings. The predicted octanol–water partition coefficient (Wildman–Crippen LogP) is 2.56. The number of hydrogen-bond donors (Lipinski definition) is 1. The molecule has 1 heterocycles. The number of rotatable bonds is 7. The van der Waals surface area contributed by atoms with Crippen LogP contribution in [0.1, 0.15) is 51.3 Å². The van der Waals surface area contributed by atoms with E-state index in [1.54, 1.807) is 0 Å². The quantitative estimate of drug-likeness (QED) is 0.702. The molecule has 0 bridgehead atoms. The van der Waals surface area contributed by atoms with E-state index in [1.807, 2.05) is 6.20 Å². The monoisotopic (exact) mass is 210 g/mol. The molecule has 0 saturated heterocycles. The van der Waals surface area contributed by atoms with Gasteiger partial charge in [-0.15, -0.1) is 0 Å². The zero-order chi connectivity index (χ0) is 11.1. The third kappa shape index (κ3) is 4.04. The minimum Gasteiger partial charge on any atom is -0.396 e. The molecule has 0 radical (unpaired) electrons. The summed E-state index contributed by atoms with van der Waals surface area (Å²) in [7, 11) is 0. The van der Waals surface area contributed by atoms with Gasteiger partial charge in [-0.05, 0) is 12.8 Å². The van der Waals surface area contributed by atoms with Gasteiger partial charge >= 0.3 is 0 Å². The van der Waals surface area contributed by atoms with Gasteiger partial charge in [-0.3, -0.25) is 0 Å². The van der Waals surface area contributed by atoms with Gasteiger partial charge in [-0.25, -0.2) is 4.98 Å². The van der Waals surface area contributed by atoms with Crippen molar-refractivity contribution in [1.82, 2.24) is 9.55 Å². The summed E-state index contributed by atoms with van der Waals surface area (Å²) in [6, 6.07) is 0. The summed E-state index contributed by atoms with van der Waals surface area (Å²) in [5.41, 5.74) is 0. The van der Waals surface area contributed by atoms with E-state index in [0.29, 0.717) is 12.5 Å². The van der Waals surface area contributed by atoms with Gasteiger partial charge in [0.2, 0.25) is 0 Å². The topological polar surface area (TPSA) is 38.0 Å². The number of nitrogens with zero attached hydrogens (tertiary/aromatic N) is 2. The van der Waals surface area contributed by atoms with Crippen LogP contribution in [0, 0.1) is 0 Å². The molecule has 0 saturated carbocycles. The Morgan fingerprint density at radius 2 is 2.00 bits per heavy atom. The molecule has 1 rings (SSSR count). The smallest absolute Gasteiger partial charge is 0.111 e. The summed E-state index contributed by atoms with van der Waals surface area (Å²) < 4.78 is 2.24. The Morgan fingerprint density at radius 1 is 1.27 bits per heavy atom. The number of aliphatic hydroxyl groups excluding tert-OH is 1. The Balaban J connectivity index is 2.28. The Labute approximate surface area is 92.1 Å². The molecule has 86 valence electrons. The first-order chi connectivity index (χ1) is 7.25. The van der Waals surface area contributed by atoms with Crippen LogP contribution in [0.5, 0.6) is 0 Å². The fraction of sp³-hybridized carbons (Fsp3) is 0.750. The molecule has 1 aromatic rings. The number of aromatic nitrogens is 2. The second kappa shape index (κ2) is 6.62. The molecule has 1 aromatic heterocycles. The number of aryl methyl sites for hydroxylation is 1. The minimum absolute atomic E-state index is 0.322. The van der Waals surface area contributed by atoms with E-state index in [2.05, 4.69) is 29.6 Å². The van der Waals surface area contributed by atoms with Crippen molar-refractivity contribution in [2.45, 2.75) is 52.0 Å². The fourth-order valence-electron chi connectivity index (χ4n) is 1.76. The highest BCUT2D eigenvalue weighted by atomic mass is 16.2. The maximum Gasteiger partial charge on any atom is 0.111 e. The molecule has 0 spiro atoms. The van der Waals surface area contributed by atoms with E-state index in [-0.39, 0.29) is 0 Å². The number of hydrogen-bond acceptors (Lipinski definition) is 2. The Hall–Kier alpha value is -0.830. The van der Waals surface area contributed by atoms with Gasteiger partial charge in [0.05, 0.1) is 0 Å². The van der Waals surface area contributed by atoms with Crippen LogP contribution < -0.4 is 0 Å². The molecule has 0 aliphatic carbocycles. The zero-order valence-corrected chi connectivity index (χ0v) is 9.82. The molecule has 0 aromatic carbocycles.